The number of carboxylic acid groups (broad SMARTS) is 1. The molecule has 0 atom stereocenters. The number of hydrogen-bond donors (Lipinski definition) is 1. The minimum Gasteiger partial charge on any atom is -0.481 e. The summed E-state index contributed by atoms with van der Waals surface area (Å²) in [4.78, 5) is 12.8. The van der Waals surface area contributed by atoms with Gasteiger partial charge in [-0.15, -0.1) is 0 Å². The minimum atomic E-state index is -0.812. The average Bonchev–Trinajstić information content (AvgIpc) is 2.72. The van der Waals surface area contributed by atoms with Gasteiger partial charge in [0.05, 0.1) is 6.42 Å². The predicted octanol–water partition coefficient (Wildman–Crippen LogP) is 2.10. The van der Waals surface area contributed by atoms with Crippen LogP contribution in [0.25, 0.3) is 0 Å². The Labute approximate surface area is 106 Å². The van der Waals surface area contributed by atoms with E-state index < -0.39 is 11.5 Å². The molecule has 0 aromatic heterocycles. The van der Waals surface area contributed by atoms with Crippen molar-refractivity contribution in [2.75, 3.05) is 18.7 Å². The molecule has 1 aromatic carbocycles. The van der Waals surface area contributed by atoms with Crippen molar-refractivity contribution in [2.24, 2.45) is 0 Å². The van der Waals surface area contributed by atoms with Crippen molar-refractivity contribution in [3.05, 3.63) is 18.2 Å². The quantitative estimate of drug-likeness (QED) is 0.888. The second-order valence-corrected chi connectivity index (χ2v) is 4.98. The Morgan fingerprint density at radius 1 is 1.39 bits per heavy atom. The Bertz CT molecular complexity index is 470. The van der Waals surface area contributed by atoms with Crippen LogP contribution in [0.15, 0.2) is 18.2 Å². The maximum absolute atomic E-state index is 10.9. The fourth-order valence-electron chi connectivity index (χ4n) is 1.93. The second-order valence-electron chi connectivity index (χ2n) is 4.98. The van der Waals surface area contributed by atoms with E-state index >= 15 is 0 Å². The molecule has 1 aromatic rings. The van der Waals surface area contributed by atoms with Gasteiger partial charge < -0.3 is 19.5 Å². The van der Waals surface area contributed by atoms with Gasteiger partial charge in [-0.25, -0.2) is 0 Å². The molecule has 1 aliphatic rings. The lowest BCUT2D eigenvalue weighted by atomic mass is 9.98. The lowest BCUT2D eigenvalue weighted by Crippen LogP contribution is -2.43. The predicted molar refractivity (Wildman–Crippen MR) is 67.3 cm³/mol. The van der Waals surface area contributed by atoms with E-state index in [0.717, 1.165) is 11.4 Å². The molecule has 1 N–H and O–H groups in total. The Morgan fingerprint density at radius 2 is 2.06 bits per heavy atom. The van der Waals surface area contributed by atoms with Crippen LogP contribution in [-0.4, -0.2) is 30.5 Å². The fraction of sp³-hybridized carbons (Fsp3) is 0.462. The molecule has 0 saturated carbocycles. The molecule has 0 radical (unpaired) electrons. The first-order chi connectivity index (χ1) is 8.40. The van der Waals surface area contributed by atoms with Crippen LogP contribution in [0.3, 0.4) is 0 Å². The highest BCUT2D eigenvalue weighted by molar-refractivity contribution is 5.70. The summed E-state index contributed by atoms with van der Waals surface area (Å²) in [5.74, 6) is 0.612. The Kier molecular flexibility index (Phi) is 3.07. The summed E-state index contributed by atoms with van der Waals surface area (Å²) in [6.45, 7) is 4.03. The van der Waals surface area contributed by atoms with Gasteiger partial charge in [0.15, 0.2) is 11.5 Å². The fourth-order valence-corrected chi connectivity index (χ4v) is 1.93. The van der Waals surface area contributed by atoms with Crippen molar-refractivity contribution in [1.82, 2.24) is 0 Å². The van der Waals surface area contributed by atoms with Crippen molar-refractivity contribution in [3.63, 3.8) is 0 Å². The van der Waals surface area contributed by atoms with Gasteiger partial charge in [0.2, 0.25) is 6.79 Å². The Balaban J connectivity index is 2.23. The van der Waals surface area contributed by atoms with E-state index in [0.29, 0.717) is 5.75 Å². The van der Waals surface area contributed by atoms with E-state index in [2.05, 4.69) is 0 Å². The topological polar surface area (TPSA) is 59.0 Å². The summed E-state index contributed by atoms with van der Waals surface area (Å²) in [7, 11) is 1.88. The maximum atomic E-state index is 10.9. The standard InChI is InChI=1S/C13H17NO4/c1-13(2,7-12(15)16)14(3)9-4-5-10-11(6-9)18-8-17-10/h4-6H,7-8H2,1-3H3,(H,15,16). The average molecular weight is 251 g/mol. The SMILES string of the molecule is CN(c1ccc2c(c1)OCO2)C(C)(C)CC(=O)O. The van der Waals surface area contributed by atoms with Gasteiger partial charge >= 0.3 is 5.97 Å². The minimum absolute atomic E-state index is 0.0674. The number of benzene rings is 1. The molecule has 18 heavy (non-hydrogen) atoms. The van der Waals surface area contributed by atoms with Crippen LogP contribution in [0.4, 0.5) is 5.69 Å². The number of carbonyl (C=O) groups is 1. The maximum Gasteiger partial charge on any atom is 0.305 e. The molecule has 5 nitrogen and oxygen atoms in total. The molecule has 0 bridgehead atoms. The molecule has 0 unspecified atom stereocenters. The van der Waals surface area contributed by atoms with Gasteiger partial charge in [-0.3, -0.25) is 4.79 Å². The van der Waals surface area contributed by atoms with E-state index in [1.807, 2.05) is 44.0 Å². The summed E-state index contributed by atoms with van der Waals surface area (Å²) in [6, 6.07) is 5.61. The van der Waals surface area contributed by atoms with Crippen LogP contribution in [0.2, 0.25) is 0 Å². The lowest BCUT2D eigenvalue weighted by Gasteiger charge is -2.36. The third kappa shape index (κ3) is 2.34. The number of nitrogens with zero attached hydrogens (tertiary/aromatic N) is 1. The number of hydrogen-bond acceptors (Lipinski definition) is 4. The third-order valence-electron chi connectivity index (χ3n) is 3.24. The van der Waals surface area contributed by atoms with Gasteiger partial charge in [0, 0.05) is 24.3 Å². The molecular weight excluding hydrogens is 234 g/mol. The molecule has 0 saturated heterocycles. The van der Waals surface area contributed by atoms with E-state index in [-0.39, 0.29) is 13.2 Å². The van der Waals surface area contributed by atoms with Gasteiger partial charge in [-0.2, -0.15) is 0 Å². The molecule has 1 aliphatic heterocycles. The molecule has 2 rings (SSSR count). The second kappa shape index (κ2) is 4.40. The van der Waals surface area contributed by atoms with Crippen LogP contribution in [0.1, 0.15) is 20.3 Å². The van der Waals surface area contributed by atoms with E-state index in [1.165, 1.54) is 0 Å². The first-order valence-electron chi connectivity index (χ1n) is 5.75. The molecule has 0 fully saturated rings. The summed E-state index contributed by atoms with van der Waals surface area (Å²) in [5, 5.41) is 8.93. The van der Waals surface area contributed by atoms with E-state index in [9.17, 15) is 4.79 Å². The normalized spacial score (nSPS) is 13.5. The molecular formula is C13H17NO4. The molecule has 0 aliphatic carbocycles. The van der Waals surface area contributed by atoms with E-state index in [1.54, 1.807) is 0 Å². The van der Waals surface area contributed by atoms with Crippen molar-refractivity contribution in [3.8, 4) is 11.5 Å². The number of fused-ring (bicyclic) bond motifs is 1. The van der Waals surface area contributed by atoms with Crippen LogP contribution >= 0.6 is 0 Å². The lowest BCUT2D eigenvalue weighted by molar-refractivity contribution is -0.138. The van der Waals surface area contributed by atoms with Crippen molar-refractivity contribution >= 4 is 11.7 Å². The number of rotatable bonds is 4. The van der Waals surface area contributed by atoms with Gasteiger partial charge in [-0.1, -0.05) is 0 Å². The van der Waals surface area contributed by atoms with Gasteiger partial charge in [0.1, 0.15) is 0 Å². The third-order valence-corrected chi connectivity index (χ3v) is 3.24. The Morgan fingerprint density at radius 3 is 2.72 bits per heavy atom. The molecule has 0 spiro atoms. The zero-order valence-corrected chi connectivity index (χ0v) is 10.8. The first-order valence-corrected chi connectivity index (χ1v) is 5.75. The number of ether oxygens (including phenoxy) is 2. The summed E-state index contributed by atoms with van der Waals surface area (Å²) in [6.07, 6.45) is 0.0674. The highest BCUT2D eigenvalue weighted by Gasteiger charge is 2.28. The van der Waals surface area contributed by atoms with Crippen LogP contribution in [-0.2, 0) is 4.79 Å². The Hall–Kier alpha value is -1.91. The first kappa shape index (κ1) is 12.5. The van der Waals surface area contributed by atoms with Crippen molar-refractivity contribution < 1.29 is 19.4 Å². The zero-order chi connectivity index (χ0) is 13.3. The largest absolute Gasteiger partial charge is 0.481 e. The van der Waals surface area contributed by atoms with Crippen molar-refractivity contribution in [1.29, 1.82) is 0 Å². The summed E-state index contributed by atoms with van der Waals surface area (Å²) in [5.41, 5.74) is 0.435. The molecule has 0 amide bonds. The van der Waals surface area contributed by atoms with Gasteiger partial charge in [-0.05, 0) is 26.0 Å². The highest BCUT2D eigenvalue weighted by Crippen LogP contribution is 2.37. The number of anilines is 1. The molecule has 98 valence electrons. The van der Waals surface area contributed by atoms with Gasteiger partial charge in [0.25, 0.3) is 0 Å². The number of carboxylic acids is 1. The summed E-state index contributed by atoms with van der Waals surface area (Å²) >= 11 is 0. The highest BCUT2D eigenvalue weighted by atomic mass is 16.7. The van der Waals surface area contributed by atoms with Crippen LogP contribution in [0, 0.1) is 0 Å². The van der Waals surface area contributed by atoms with Crippen LogP contribution < -0.4 is 14.4 Å². The van der Waals surface area contributed by atoms with E-state index in [4.69, 9.17) is 14.6 Å². The van der Waals surface area contributed by atoms with Crippen LogP contribution in [0.5, 0.6) is 11.5 Å². The smallest absolute Gasteiger partial charge is 0.305 e. The molecule has 5 heteroatoms. The van der Waals surface area contributed by atoms with Crippen molar-refractivity contribution in [2.45, 2.75) is 25.8 Å². The molecule has 1 heterocycles. The number of aliphatic carboxylic acids is 1. The summed E-state index contributed by atoms with van der Waals surface area (Å²) < 4.78 is 10.6. The monoisotopic (exact) mass is 251 g/mol. The zero-order valence-electron chi connectivity index (χ0n) is 10.8.